The molecule has 2 heterocycles. The Morgan fingerprint density at radius 3 is 3.13 bits per heavy atom. The van der Waals surface area contributed by atoms with E-state index in [1.807, 2.05) is 12.1 Å². The van der Waals surface area contributed by atoms with E-state index in [1.165, 1.54) is 12.1 Å². The van der Waals surface area contributed by atoms with E-state index in [0.29, 0.717) is 6.54 Å². The van der Waals surface area contributed by atoms with Crippen LogP contribution in [-0.2, 0) is 6.42 Å². The molecule has 2 aromatic rings. The molecule has 1 aliphatic heterocycles. The average Bonchev–Trinajstić information content (AvgIpc) is 2.56. The molecule has 3 rings (SSSR count). The number of halogens is 1. The van der Waals surface area contributed by atoms with Crippen LogP contribution in [0, 0.1) is 5.82 Å². The molecule has 120 valence electrons. The summed E-state index contributed by atoms with van der Waals surface area (Å²) in [6.45, 7) is 0.537. The number of hydrogen-bond donors (Lipinski definition) is 2. The normalized spacial score (nSPS) is 16.5. The molecule has 23 heavy (non-hydrogen) atoms. The predicted octanol–water partition coefficient (Wildman–Crippen LogP) is 3.30. The Morgan fingerprint density at radius 2 is 2.30 bits per heavy atom. The largest absolute Gasteiger partial charge is 0.338 e. The van der Waals surface area contributed by atoms with Gasteiger partial charge in [-0.15, -0.1) is 11.8 Å². The fourth-order valence-corrected chi connectivity index (χ4v) is 3.70. The summed E-state index contributed by atoms with van der Waals surface area (Å²) in [4.78, 5) is 17.1. The van der Waals surface area contributed by atoms with Gasteiger partial charge in [0.05, 0.1) is 6.04 Å². The van der Waals surface area contributed by atoms with Crippen LogP contribution < -0.4 is 10.6 Å². The van der Waals surface area contributed by atoms with Gasteiger partial charge in [-0.3, -0.25) is 4.98 Å². The number of urea groups is 1. The molecule has 0 bridgehead atoms. The lowest BCUT2D eigenvalue weighted by molar-refractivity contribution is 0.236. The number of pyridine rings is 1. The van der Waals surface area contributed by atoms with Crippen molar-refractivity contribution < 1.29 is 9.18 Å². The lowest BCUT2D eigenvalue weighted by atomic mass is 10.0. The van der Waals surface area contributed by atoms with Gasteiger partial charge in [-0.25, -0.2) is 9.18 Å². The second-order valence-corrected chi connectivity index (χ2v) is 6.52. The van der Waals surface area contributed by atoms with Crippen molar-refractivity contribution in [2.24, 2.45) is 0 Å². The molecule has 6 heteroatoms. The summed E-state index contributed by atoms with van der Waals surface area (Å²) in [6.07, 6.45) is 5.04. The van der Waals surface area contributed by atoms with Crippen molar-refractivity contribution >= 4 is 17.8 Å². The first-order valence-electron chi connectivity index (χ1n) is 7.58. The Bertz CT molecular complexity index is 681. The lowest BCUT2D eigenvalue weighted by Crippen LogP contribution is -2.39. The van der Waals surface area contributed by atoms with Crippen LogP contribution in [0.25, 0.3) is 0 Å². The van der Waals surface area contributed by atoms with Gasteiger partial charge in [0.25, 0.3) is 0 Å². The van der Waals surface area contributed by atoms with Crippen molar-refractivity contribution in [2.45, 2.75) is 23.8 Å². The number of aromatic nitrogens is 1. The average molecular weight is 331 g/mol. The number of carbonyl (C=O) groups excluding carboxylic acids is 1. The Balaban J connectivity index is 1.54. The molecule has 0 fully saturated rings. The van der Waals surface area contributed by atoms with E-state index in [9.17, 15) is 9.18 Å². The Labute approximate surface area is 138 Å². The van der Waals surface area contributed by atoms with Crippen LogP contribution in [-0.4, -0.2) is 23.3 Å². The summed E-state index contributed by atoms with van der Waals surface area (Å²) >= 11 is 1.70. The summed E-state index contributed by atoms with van der Waals surface area (Å²) in [7, 11) is 0. The van der Waals surface area contributed by atoms with Gasteiger partial charge >= 0.3 is 6.03 Å². The smallest absolute Gasteiger partial charge is 0.315 e. The molecule has 0 saturated carbocycles. The fraction of sp³-hybridized carbons (Fsp3) is 0.294. The number of amides is 2. The minimum absolute atomic E-state index is 0.139. The number of thioether (sulfide) groups is 1. The van der Waals surface area contributed by atoms with Crippen LogP contribution in [0.15, 0.2) is 47.6 Å². The molecule has 1 aromatic heterocycles. The Hall–Kier alpha value is -2.08. The molecule has 1 aliphatic rings. The molecule has 0 saturated heterocycles. The third kappa shape index (κ3) is 4.22. The summed E-state index contributed by atoms with van der Waals surface area (Å²) in [5.74, 6) is 0.647. The monoisotopic (exact) mass is 331 g/mol. The molecule has 0 radical (unpaired) electrons. The Morgan fingerprint density at radius 1 is 1.39 bits per heavy atom. The highest BCUT2D eigenvalue weighted by atomic mass is 32.2. The van der Waals surface area contributed by atoms with E-state index in [2.05, 4.69) is 15.6 Å². The quantitative estimate of drug-likeness (QED) is 0.904. The van der Waals surface area contributed by atoms with E-state index < -0.39 is 0 Å². The van der Waals surface area contributed by atoms with Crippen molar-refractivity contribution in [1.29, 1.82) is 0 Å². The summed E-state index contributed by atoms with van der Waals surface area (Å²) in [5.41, 5.74) is 1.94. The van der Waals surface area contributed by atoms with Crippen LogP contribution in [0.1, 0.15) is 23.6 Å². The van der Waals surface area contributed by atoms with Gasteiger partial charge in [0, 0.05) is 29.6 Å². The molecule has 0 spiro atoms. The first-order chi connectivity index (χ1) is 11.2. The van der Waals surface area contributed by atoms with Crippen LogP contribution >= 0.6 is 11.8 Å². The number of hydrogen-bond acceptors (Lipinski definition) is 3. The van der Waals surface area contributed by atoms with Crippen LogP contribution in [0.5, 0.6) is 0 Å². The van der Waals surface area contributed by atoms with Gasteiger partial charge in [0.15, 0.2) is 0 Å². The highest BCUT2D eigenvalue weighted by Gasteiger charge is 2.22. The Kier molecular flexibility index (Phi) is 5.12. The second kappa shape index (κ2) is 7.46. The summed E-state index contributed by atoms with van der Waals surface area (Å²) in [6, 6.07) is 8.25. The van der Waals surface area contributed by atoms with Crippen molar-refractivity contribution in [2.75, 3.05) is 12.3 Å². The number of nitrogens with one attached hydrogen (secondary N) is 2. The topological polar surface area (TPSA) is 54.0 Å². The molecule has 2 N–H and O–H groups in total. The fourth-order valence-electron chi connectivity index (χ4n) is 2.59. The van der Waals surface area contributed by atoms with Gasteiger partial charge in [-0.05, 0) is 48.2 Å². The minimum atomic E-state index is -0.268. The maximum Gasteiger partial charge on any atom is 0.315 e. The number of benzene rings is 1. The zero-order chi connectivity index (χ0) is 16.1. The van der Waals surface area contributed by atoms with Gasteiger partial charge in [0.1, 0.15) is 5.82 Å². The van der Waals surface area contributed by atoms with Crippen molar-refractivity contribution in [1.82, 2.24) is 15.6 Å². The van der Waals surface area contributed by atoms with Gasteiger partial charge < -0.3 is 10.6 Å². The van der Waals surface area contributed by atoms with E-state index in [0.717, 1.165) is 34.6 Å². The van der Waals surface area contributed by atoms with E-state index in [4.69, 9.17) is 0 Å². The summed E-state index contributed by atoms with van der Waals surface area (Å²) in [5, 5.41) is 5.79. The summed E-state index contributed by atoms with van der Waals surface area (Å²) < 4.78 is 13.5. The lowest BCUT2D eigenvalue weighted by Gasteiger charge is -2.26. The molecular formula is C17H18FN3OS. The van der Waals surface area contributed by atoms with Crippen molar-refractivity contribution in [3.8, 4) is 0 Å². The third-order valence-corrected chi connectivity index (χ3v) is 4.86. The van der Waals surface area contributed by atoms with Gasteiger partial charge in [-0.1, -0.05) is 6.07 Å². The minimum Gasteiger partial charge on any atom is -0.338 e. The molecular weight excluding hydrogens is 313 g/mol. The maximum absolute atomic E-state index is 13.5. The van der Waals surface area contributed by atoms with E-state index >= 15 is 0 Å². The van der Waals surface area contributed by atoms with Crippen molar-refractivity contribution in [3.05, 3.63) is 59.7 Å². The maximum atomic E-state index is 13.5. The molecule has 1 atom stereocenters. The SMILES string of the molecule is O=C(NCCc1cccnc1)N[C@@H]1CCSc2ccc(F)cc21. The molecule has 2 amide bonds. The first kappa shape index (κ1) is 15.8. The van der Waals surface area contributed by atoms with E-state index in [-0.39, 0.29) is 17.9 Å². The van der Waals surface area contributed by atoms with Gasteiger partial charge in [0.2, 0.25) is 0 Å². The number of rotatable bonds is 4. The zero-order valence-corrected chi connectivity index (χ0v) is 13.4. The molecule has 0 unspecified atom stereocenters. The second-order valence-electron chi connectivity index (χ2n) is 5.38. The van der Waals surface area contributed by atoms with Crippen LogP contribution in [0.2, 0.25) is 0 Å². The standard InChI is InChI=1S/C17H18FN3OS/c18-13-3-4-16-14(10-13)15(6-9-23-16)21-17(22)20-8-5-12-2-1-7-19-11-12/h1-4,7,10-11,15H,5-6,8-9H2,(H2,20,21,22)/t15-/m1/s1. The highest BCUT2D eigenvalue weighted by Crippen LogP contribution is 2.36. The number of carbonyl (C=O) groups is 1. The predicted molar refractivity (Wildman–Crippen MR) is 89.0 cm³/mol. The highest BCUT2D eigenvalue weighted by molar-refractivity contribution is 7.99. The first-order valence-corrected chi connectivity index (χ1v) is 8.56. The molecule has 0 aliphatic carbocycles. The third-order valence-electron chi connectivity index (χ3n) is 3.74. The van der Waals surface area contributed by atoms with E-state index in [1.54, 1.807) is 30.2 Å². The van der Waals surface area contributed by atoms with Crippen molar-refractivity contribution in [3.63, 3.8) is 0 Å². The van der Waals surface area contributed by atoms with Gasteiger partial charge in [-0.2, -0.15) is 0 Å². The van der Waals surface area contributed by atoms with Crippen LogP contribution in [0.3, 0.4) is 0 Å². The molecule has 1 aromatic carbocycles. The molecule has 4 nitrogen and oxygen atoms in total. The zero-order valence-electron chi connectivity index (χ0n) is 12.6. The van der Waals surface area contributed by atoms with Crippen LogP contribution in [0.4, 0.5) is 9.18 Å². The number of fused-ring (bicyclic) bond motifs is 1. The number of nitrogens with zero attached hydrogens (tertiary/aromatic N) is 1.